The summed E-state index contributed by atoms with van der Waals surface area (Å²) in [6.45, 7) is 6.84. The Bertz CT molecular complexity index is 516. The number of hydrogen-bond donors (Lipinski definition) is 0. The van der Waals surface area contributed by atoms with Crippen molar-refractivity contribution in [3.05, 3.63) is 30.3 Å². The summed E-state index contributed by atoms with van der Waals surface area (Å²) < 4.78 is 2.31. The molecule has 0 aliphatic carbocycles. The van der Waals surface area contributed by atoms with Gasteiger partial charge >= 0.3 is 131 Å². The van der Waals surface area contributed by atoms with E-state index in [4.69, 9.17) is 4.99 Å². The molecule has 1 aromatic rings. The van der Waals surface area contributed by atoms with Crippen molar-refractivity contribution < 1.29 is 0 Å². The number of benzene rings is 1. The second-order valence-electron chi connectivity index (χ2n) is 6.24. The number of nitrogens with zero attached hydrogens (tertiary/aromatic N) is 3. The molecule has 0 heterocycles. The van der Waals surface area contributed by atoms with Gasteiger partial charge in [-0.15, -0.1) is 0 Å². The van der Waals surface area contributed by atoms with Gasteiger partial charge in [0.15, 0.2) is 0 Å². The number of hydrogen-bond acceptors (Lipinski definition) is 2. The average molecular weight is 358 g/mol. The summed E-state index contributed by atoms with van der Waals surface area (Å²) in [4.78, 5) is 7.08. The first-order chi connectivity index (χ1) is 9.10. The van der Waals surface area contributed by atoms with Gasteiger partial charge in [-0.3, -0.25) is 0 Å². The zero-order chi connectivity index (χ0) is 15.6. The molecular weight excluding hydrogens is 332 g/mol. The van der Waals surface area contributed by atoms with Crippen molar-refractivity contribution in [2.75, 3.05) is 28.2 Å². The molecule has 0 aliphatic heterocycles. The number of rotatable bonds is 3. The van der Waals surface area contributed by atoms with Crippen LogP contribution in [0.2, 0.25) is 0 Å². The van der Waals surface area contributed by atoms with Crippen LogP contribution in [0.15, 0.2) is 35.3 Å². The first-order valence-electron chi connectivity index (χ1n) is 6.70. The molecular formula is C15H26N3PSe. The molecule has 0 bridgehead atoms. The SMILES string of the molecule is CN(C)C(=Nc1ccccc1)P(=[Se])(N(C)C)C(C)(C)C. The van der Waals surface area contributed by atoms with Crippen molar-refractivity contribution in [3.8, 4) is 0 Å². The standard InChI is InChI=1S/C15H26N3PSe/c1-15(2,3)19(20,18(6)7)14(17(4)5)16-13-11-9-8-10-12-13/h8-12H,1-7H3. The monoisotopic (exact) mass is 359 g/mol. The van der Waals surface area contributed by atoms with E-state index in [-0.39, 0.29) is 5.16 Å². The van der Waals surface area contributed by atoms with E-state index in [1.54, 1.807) is 0 Å². The van der Waals surface area contributed by atoms with E-state index in [1.165, 1.54) is 0 Å². The minimum atomic E-state index is -1.67. The second-order valence-corrected chi connectivity index (χ2v) is 13.3. The van der Waals surface area contributed by atoms with Crippen LogP contribution in [0.25, 0.3) is 0 Å². The van der Waals surface area contributed by atoms with Gasteiger partial charge in [-0.05, 0) is 0 Å². The van der Waals surface area contributed by atoms with Gasteiger partial charge in [-0.2, -0.15) is 0 Å². The van der Waals surface area contributed by atoms with Crippen molar-refractivity contribution >= 4 is 32.0 Å². The van der Waals surface area contributed by atoms with Crippen LogP contribution in [0.4, 0.5) is 5.69 Å². The molecule has 1 rings (SSSR count). The first-order valence-corrected chi connectivity index (χ1v) is 10.7. The van der Waals surface area contributed by atoms with E-state index in [1.807, 2.05) is 30.3 Å². The Labute approximate surface area is 131 Å². The Hall–Kier alpha value is -0.401. The number of aliphatic imine (C=N–C) groups is 1. The molecule has 0 aliphatic rings. The average Bonchev–Trinajstić information content (AvgIpc) is 2.34. The molecule has 3 nitrogen and oxygen atoms in total. The summed E-state index contributed by atoms with van der Waals surface area (Å²) in [6, 6.07) is 10.2. The van der Waals surface area contributed by atoms with Gasteiger partial charge in [0, 0.05) is 0 Å². The fourth-order valence-corrected chi connectivity index (χ4v) is 6.37. The van der Waals surface area contributed by atoms with Crippen LogP contribution in [0.5, 0.6) is 0 Å². The fourth-order valence-electron chi connectivity index (χ4n) is 2.14. The zero-order valence-electron chi connectivity index (χ0n) is 13.6. The predicted molar refractivity (Wildman–Crippen MR) is 93.3 cm³/mol. The van der Waals surface area contributed by atoms with Gasteiger partial charge < -0.3 is 0 Å². The second kappa shape index (κ2) is 6.58. The van der Waals surface area contributed by atoms with E-state index in [0.29, 0.717) is 0 Å². The number of amidine groups is 1. The Morgan fingerprint density at radius 2 is 1.55 bits per heavy atom. The van der Waals surface area contributed by atoms with Crippen LogP contribution in [-0.2, 0) is 0 Å². The van der Waals surface area contributed by atoms with E-state index in [2.05, 4.69) is 73.6 Å². The van der Waals surface area contributed by atoms with Gasteiger partial charge in [-0.25, -0.2) is 0 Å². The summed E-state index contributed by atoms with van der Waals surface area (Å²) in [7, 11) is 8.42. The molecule has 0 N–H and O–H groups in total. The third-order valence-electron chi connectivity index (χ3n) is 3.13. The molecule has 0 radical (unpaired) electrons. The first kappa shape index (κ1) is 17.7. The molecule has 1 unspecified atom stereocenters. The molecule has 0 saturated heterocycles. The quantitative estimate of drug-likeness (QED) is 0.356. The van der Waals surface area contributed by atoms with Crippen molar-refractivity contribution in [2.45, 2.75) is 25.9 Å². The normalized spacial score (nSPS) is 16.1. The van der Waals surface area contributed by atoms with E-state index < -0.39 is 5.66 Å². The van der Waals surface area contributed by atoms with Crippen LogP contribution in [0.3, 0.4) is 0 Å². The van der Waals surface area contributed by atoms with E-state index in [0.717, 1.165) is 11.3 Å². The maximum absolute atomic E-state index is 4.94. The Kier molecular flexibility index (Phi) is 5.80. The summed E-state index contributed by atoms with van der Waals surface area (Å²) in [5.74, 6) is 0. The Morgan fingerprint density at radius 3 is 1.90 bits per heavy atom. The zero-order valence-corrected chi connectivity index (χ0v) is 16.2. The van der Waals surface area contributed by atoms with Gasteiger partial charge in [0.25, 0.3) is 0 Å². The van der Waals surface area contributed by atoms with Crippen molar-refractivity contribution in [3.63, 3.8) is 0 Å². The van der Waals surface area contributed by atoms with Crippen LogP contribution in [0.1, 0.15) is 20.8 Å². The Balaban J connectivity index is 3.47. The summed E-state index contributed by atoms with van der Waals surface area (Å²) in [6.07, 6.45) is 0. The molecule has 0 fully saturated rings. The molecule has 1 aromatic carbocycles. The third-order valence-corrected chi connectivity index (χ3v) is 13.6. The minimum absolute atomic E-state index is 0.119. The molecule has 0 spiro atoms. The van der Waals surface area contributed by atoms with Gasteiger partial charge in [-0.1, -0.05) is 0 Å². The molecule has 0 amide bonds. The topological polar surface area (TPSA) is 18.8 Å². The molecule has 5 heteroatoms. The Morgan fingerprint density at radius 1 is 1.05 bits per heavy atom. The summed E-state index contributed by atoms with van der Waals surface area (Å²) in [5, 5.41) is 0.119. The van der Waals surface area contributed by atoms with Gasteiger partial charge in [0.05, 0.1) is 0 Å². The predicted octanol–water partition coefficient (Wildman–Crippen LogP) is 3.61. The number of para-hydroxylation sites is 1. The summed E-state index contributed by atoms with van der Waals surface area (Å²) >= 11 is 3.50. The van der Waals surface area contributed by atoms with Crippen LogP contribution in [-0.4, -0.2) is 63.6 Å². The maximum atomic E-state index is 4.94. The van der Waals surface area contributed by atoms with Crippen LogP contribution in [0, 0.1) is 0 Å². The third kappa shape index (κ3) is 3.62. The van der Waals surface area contributed by atoms with Gasteiger partial charge in [0.1, 0.15) is 0 Å². The molecule has 0 saturated carbocycles. The van der Waals surface area contributed by atoms with Crippen LogP contribution >= 0.6 is 5.66 Å². The van der Waals surface area contributed by atoms with E-state index in [9.17, 15) is 0 Å². The summed E-state index contributed by atoms with van der Waals surface area (Å²) in [5.41, 5.74) is 0.455. The molecule has 20 heavy (non-hydrogen) atoms. The van der Waals surface area contributed by atoms with Crippen LogP contribution < -0.4 is 0 Å². The van der Waals surface area contributed by atoms with Crippen molar-refractivity contribution in [1.29, 1.82) is 0 Å². The molecule has 112 valence electrons. The fraction of sp³-hybridized carbons (Fsp3) is 0.533. The molecule has 1 atom stereocenters. The van der Waals surface area contributed by atoms with Crippen molar-refractivity contribution in [1.82, 2.24) is 9.57 Å². The van der Waals surface area contributed by atoms with E-state index >= 15 is 0 Å². The van der Waals surface area contributed by atoms with Crippen molar-refractivity contribution in [2.24, 2.45) is 4.99 Å². The molecule has 0 aromatic heterocycles. The van der Waals surface area contributed by atoms with Gasteiger partial charge in [0.2, 0.25) is 0 Å².